The lowest BCUT2D eigenvalue weighted by Gasteiger charge is -2.16. The number of carbonyl (C=O) groups excluding carboxylic acids is 1. The van der Waals surface area contributed by atoms with Crippen LogP contribution in [0.1, 0.15) is 51.3 Å². The number of anilines is 1. The molecule has 7 nitrogen and oxygen atoms in total. The van der Waals surface area contributed by atoms with Crippen molar-refractivity contribution in [1.82, 2.24) is 14.9 Å². The summed E-state index contributed by atoms with van der Waals surface area (Å²) in [4.78, 5) is 12.0. The zero-order valence-electron chi connectivity index (χ0n) is 15.5. The number of nitrogens with zero attached hydrogens (tertiary/aromatic N) is 2. The van der Waals surface area contributed by atoms with Crippen LogP contribution in [0, 0.1) is 12.3 Å². The molecule has 9 heteroatoms. The van der Waals surface area contributed by atoms with E-state index < -0.39 is 15.4 Å². The Balaban J connectivity index is 2.17. The van der Waals surface area contributed by atoms with Crippen LogP contribution in [0.4, 0.5) is 5.13 Å². The second-order valence-corrected chi connectivity index (χ2v) is 9.94. The normalized spacial score (nSPS) is 13.4. The first kappa shape index (κ1) is 20.5. The van der Waals surface area contributed by atoms with E-state index in [-0.39, 0.29) is 21.4 Å². The number of hydrogen-bond donors (Lipinski definition) is 2. The van der Waals surface area contributed by atoms with Gasteiger partial charge in [-0.3, -0.25) is 4.79 Å². The molecule has 1 aromatic heterocycles. The van der Waals surface area contributed by atoms with E-state index in [9.17, 15) is 13.2 Å². The molecule has 2 rings (SSSR count). The van der Waals surface area contributed by atoms with Gasteiger partial charge in [-0.05, 0) is 18.9 Å². The van der Waals surface area contributed by atoms with E-state index in [2.05, 4.69) is 20.2 Å². The molecule has 0 aliphatic carbocycles. The number of sulfonamides is 1. The standard InChI is InChI=1S/C17H24N4O3S2/c1-6-13(12-9-7-11(2)8-10-12)21-26(23,24)16-20-19-15(25-16)18-14(22)17(3,4)5/h7-10,13,21H,6H2,1-5H3,(H,18,19,22). The van der Waals surface area contributed by atoms with Crippen LogP contribution in [-0.2, 0) is 14.8 Å². The average Bonchev–Trinajstić information content (AvgIpc) is 3.02. The van der Waals surface area contributed by atoms with Crippen molar-refractivity contribution >= 4 is 32.4 Å². The summed E-state index contributed by atoms with van der Waals surface area (Å²) in [6.45, 7) is 9.16. The third-order valence-corrected chi connectivity index (χ3v) is 6.40. The number of amides is 1. The summed E-state index contributed by atoms with van der Waals surface area (Å²) in [5.41, 5.74) is 1.38. The summed E-state index contributed by atoms with van der Waals surface area (Å²) in [5, 5.41) is 10.2. The maximum Gasteiger partial charge on any atom is 0.270 e. The molecular formula is C17H24N4O3S2. The van der Waals surface area contributed by atoms with Gasteiger partial charge in [0.15, 0.2) is 0 Å². The third-order valence-electron chi connectivity index (χ3n) is 3.72. The summed E-state index contributed by atoms with van der Waals surface area (Å²) in [6, 6.07) is 7.33. The number of aryl methyl sites for hydroxylation is 1. The molecule has 0 aliphatic rings. The van der Waals surface area contributed by atoms with E-state index in [1.165, 1.54) is 0 Å². The molecule has 0 bridgehead atoms. The van der Waals surface area contributed by atoms with Gasteiger partial charge in [0.2, 0.25) is 15.4 Å². The first-order valence-electron chi connectivity index (χ1n) is 8.27. The molecule has 0 fully saturated rings. The van der Waals surface area contributed by atoms with Crippen molar-refractivity contribution in [2.75, 3.05) is 5.32 Å². The van der Waals surface area contributed by atoms with Crippen LogP contribution in [0.15, 0.2) is 28.6 Å². The Morgan fingerprint density at radius 1 is 1.19 bits per heavy atom. The Morgan fingerprint density at radius 2 is 1.81 bits per heavy atom. The summed E-state index contributed by atoms with van der Waals surface area (Å²) in [6.07, 6.45) is 0.592. The maximum absolute atomic E-state index is 12.6. The van der Waals surface area contributed by atoms with Gasteiger partial charge in [-0.1, -0.05) is 68.9 Å². The number of rotatable bonds is 6. The Labute approximate surface area is 158 Å². The van der Waals surface area contributed by atoms with Crippen LogP contribution in [0.2, 0.25) is 0 Å². The van der Waals surface area contributed by atoms with Crippen molar-refractivity contribution < 1.29 is 13.2 Å². The fourth-order valence-corrected chi connectivity index (χ4v) is 4.30. The largest absolute Gasteiger partial charge is 0.300 e. The predicted molar refractivity (Wildman–Crippen MR) is 103 cm³/mol. The Morgan fingerprint density at radius 3 is 2.35 bits per heavy atom. The van der Waals surface area contributed by atoms with E-state index >= 15 is 0 Å². The van der Waals surface area contributed by atoms with Gasteiger partial charge in [0.1, 0.15) is 0 Å². The van der Waals surface area contributed by atoms with Crippen LogP contribution < -0.4 is 10.0 Å². The highest BCUT2D eigenvalue weighted by molar-refractivity contribution is 7.91. The first-order chi connectivity index (χ1) is 12.0. The summed E-state index contributed by atoms with van der Waals surface area (Å²) in [7, 11) is -3.84. The van der Waals surface area contributed by atoms with Crippen molar-refractivity contribution in [2.45, 2.75) is 51.4 Å². The lowest BCUT2D eigenvalue weighted by Crippen LogP contribution is -2.28. The van der Waals surface area contributed by atoms with Crippen molar-refractivity contribution in [1.29, 1.82) is 0 Å². The van der Waals surface area contributed by atoms with E-state index in [1.807, 2.05) is 38.1 Å². The van der Waals surface area contributed by atoms with E-state index in [0.29, 0.717) is 6.42 Å². The highest BCUT2D eigenvalue weighted by atomic mass is 32.2. The summed E-state index contributed by atoms with van der Waals surface area (Å²) in [5.74, 6) is -0.253. The highest BCUT2D eigenvalue weighted by Gasteiger charge is 2.27. The molecule has 0 spiro atoms. The molecule has 0 radical (unpaired) electrons. The van der Waals surface area contributed by atoms with Gasteiger partial charge in [0, 0.05) is 11.5 Å². The van der Waals surface area contributed by atoms with Crippen LogP contribution in [0.3, 0.4) is 0 Å². The van der Waals surface area contributed by atoms with Crippen LogP contribution in [0.25, 0.3) is 0 Å². The fraction of sp³-hybridized carbons (Fsp3) is 0.471. The number of aromatic nitrogens is 2. The lowest BCUT2D eigenvalue weighted by atomic mass is 9.96. The predicted octanol–water partition coefficient (Wildman–Crippen LogP) is 3.26. The molecule has 1 amide bonds. The molecule has 0 saturated carbocycles. The number of carbonyl (C=O) groups is 1. The molecular weight excluding hydrogens is 372 g/mol. The van der Waals surface area contributed by atoms with Gasteiger partial charge in [-0.2, -0.15) is 0 Å². The molecule has 0 aliphatic heterocycles. The van der Waals surface area contributed by atoms with Crippen LogP contribution in [-0.4, -0.2) is 24.5 Å². The minimum absolute atomic E-state index is 0.161. The smallest absolute Gasteiger partial charge is 0.270 e. The molecule has 1 aromatic carbocycles. The molecule has 142 valence electrons. The van der Waals surface area contributed by atoms with Crippen molar-refractivity contribution in [3.8, 4) is 0 Å². The minimum Gasteiger partial charge on any atom is -0.300 e. The summed E-state index contributed by atoms with van der Waals surface area (Å²) >= 11 is 0.830. The Bertz CT molecular complexity index is 868. The minimum atomic E-state index is -3.84. The van der Waals surface area contributed by atoms with Crippen LogP contribution >= 0.6 is 11.3 Å². The molecule has 26 heavy (non-hydrogen) atoms. The van der Waals surface area contributed by atoms with Gasteiger partial charge >= 0.3 is 0 Å². The first-order valence-corrected chi connectivity index (χ1v) is 10.6. The van der Waals surface area contributed by atoms with Crippen molar-refractivity contribution in [3.05, 3.63) is 35.4 Å². The summed E-state index contributed by atoms with van der Waals surface area (Å²) < 4.78 is 27.7. The second kappa shape index (κ2) is 7.81. The van der Waals surface area contributed by atoms with Gasteiger partial charge < -0.3 is 5.32 Å². The van der Waals surface area contributed by atoms with Gasteiger partial charge in [0.05, 0.1) is 0 Å². The van der Waals surface area contributed by atoms with Gasteiger partial charge in [-0.15, -0.1) is 10.2 Å². The molecule has 1 heterocycles. The maximum atomic E-state index is 12.6. The highest BCUT2D eigenvalue weighted by Crippen LogP contribution is 2.25. The fourth-order valence-electron chi connectivity index (χ4n) is 2.08. The number of hydrogen-bond acceptors (Lipinski definition) is 6. The zero-order chi connectivity index (χ0) is 19.5. The molecule has 0 saturated heterocycles. The zero-order valence-corrected chi connectivity index (χ0v) is 17.2. The Hall–Kier alpha value is -1.84. The lowest BCUT2D eigenvalue weighted by molar-refractivity contribution is -0.123. The van der Waals surface area contributed by atoms with Crippen molar-refractivity contribution in [3.63, 3.8) is 0 Å². The Kier molecular flexibility index (Phi) is 6.15. The molecule has 2 aromatic rings. The van der Waals surface area contributed by atoms with E-state index in [4.69, 9.17) is 0 Å². The average molecular weight is 397 g/mol. The van der Waals surface area contributed by atoms with Crippen LogP contribution in [0.5, 0.6) is 0 Å². The topological polar surface area (TPSA) is 101 Å². The third kappa shape index (κ3) is 5.09. The second-order valence-electron chi connectivity index (χ2n) is 7.07. The number of nitrogens with one attached hydrogen (secondary N) is 2. The monoisotopic (exact) mass is 396 g/mol. The van der Waals surface area contributed by atoms with E-state index in [0.717, 1.165) is 22.5 Å². The quantitative estimate of drug-likeness (QED) is 0.730. The number of benzene rings is 1. The SMILES string of the molecule is CCC(NS(=O)(=O)c1nnc(NC(=O)C(C)(C)C)s1)c1ccc(C)cc1. The molecule has 1 atom stereocenters. The molecule has 1 unspecified atom stereocenters. The van der Waals surface area contributed by atoms with Gasteiger partial charge in [0.25, 0.3) is 10.0 Å². The van der Waals surface area contributed by atoms with E-state index in [1.54, 1.807) is 20.8 Å². The van der Waals surface area contributed by atoms with Gasteiger partial charge in [-0.25, -0.2) is 13.1 Å². The van der Waals surface area contributed by atoms with Crippen molar-refractivity contribution in [2.24, 2.45) is 5.41 Å². The molecule has 2 N–H and O–H groups in total.